The molecule has 0 aliphatic rings. The molecule has 2 aromatic heterocycles. The highest BCUT2D eigenvalue weighted by molar-refractivity contribution is 7.11. The first-order chi connectivity index (χ1) is 10.1. The van der Waals surface area contributed by atoms with Gasteiger partial charge in [0.1, 0.15) is 11.6 Å². The first-order valence-corrected chi connectivity index (χ1v) is 7.83. The molecule has 4 heteroatoms. The van der Waals surface area contributed by atoms with Crippen LogP contribution >= 0.6 is 11.3 Å². The molecule has 3 nitrogen and oxygen atoms in total. The van der Waals surface area contributed by atoms with Crippen LogP contribution in [0.1, 0.15) is 16.7 Å². The van der Waals surface area contributed by atoms with Crippen LogP contribution in [0.2, 0.25) is 0 Å². The Kier molecular flexibility index (Phi) is 3.80. The number of nitrogens with one attached hydrogen (secondary N) is 1. The molecule has 3 aromatic rings. The molecule has 1 atom stereocenters. The Bertz CT molecular complexity index is 766. The molecule has 0 saturated carbocycles. The Hall–Kier alpha value is -2.07. The number of hydrogen-bond acceptors (Lipinski definition) is 4. The van der Waals surface area contributed by atoms with Crippen LogP contribution in [0.4, 0.5) is 5.82 Å². The molecule has 0 aliphatic heterocycles. The van der Waals surface area contributed by atoms with Gasteiger partial charge in [0.05, 0.1) is 0 Å². The second-order valence-electron chi connectivity index (χ2n) is 5.33. The molecule has 0 bridgehead atoms. The van der Waals surface area contributed by atoms with Crippen LogP contribution in [0.5, 0.6) is 5.75 Å². The van der Waals surface area contributed by atoms with Crippen molar-refractivity contribution in [2.45, 2.75) is 26.3 Å². The lowest BCUT2D eigenvalue weighted by atomic mass is 10.1. The molecule has 2 N–H and O–H groups in total. The standard InChI is InChI=1S/C17H18N2OS/c1-11(9-15-6-3-12(2)21-15)19-17-16-10-14(20)5-4-13(16)7-8-18-17/h3-8,10-11,20H,9H2,1-2H3,(H,18,19). The van der Waals surface area contributed by atoms with E-state index in [9.17, 15) is 5.11 Å². The fraction of sp³-hybridized carbons (Fsp3) is 0.235. The average molecular weight is 298 g/mol. The van der Waals surface area contributed by atoms with E-state index in [4.69, 9.17) is 0 Å². The monoisotopic (exact) mass is 298 g/mol. The van der Waals surface area contributed by atoms with E-state index in [1.165, 1.54) is 9.75 Å². The Morgan fingerprint density at radius 3 is 2.86 bits per heavy atom. The summed E-state index contributed by atoms with van der Waals surface area (Å²) in [5, 5.41) is 15.2. The lowest BCUT2D eigenvalue weighted by Gasteiger charge is -2.15. The van der Waals surface area contributed by atoms with E-state index >= 15 is 0 Å². The van der Waals surface area contributed by atoms with E-state index in [0.717, 1.165) is 23.0 Å². The number of hydrogen-bond donors (Lipinski definition) is 2. The summed E-state index contributed by atoms with van der Waals surface area (Å²) in [6, 6.07) is 11.9. The molecule has 1 aromatic carbocycles. The van der Waals surface area contributed by atoms with Crippen molar-refractivity contribution in [2.75, 3.05) is 5.32 Å². The number of anilines is 1. The topological polar surface area (TPSA) is 45.2 Å². The van der Waals surface area contributed by atoms with Gasteiger partial charge < -0.3 is 10.4 Å². The molecule has 0 spiro atoms. The molecule has 0 saturated heterocycles. The number of thiophene rings is 1. The van der Waals surface area contributed by atoms with Gasteiger partial charge in [0.2, 0.25) is 0 Å². The van der Waals surface area contributed by atoms with Crippen LogP contribution in [-0.2, 0) is 6.42 Å². The van der Waals surface area contributed by atoms with Crippen molar-refractivity contribution < 1.29 is 5.11 Å². The second kappa shape index (κ2) is 5.74. The zero-order chi connectivity index (χ0) is 14.8. The summed E-state index contributed by atoms with van der Waals surface area (Å²) >= 11 is 1.83. The van der Waals surface area contributed by atoms with Crippen LogP contribution < -0.4 is 5.32 Å². The van der Waals surface area contributed by atoms with E-state index < -0.39 is 0 Å². The smallest absolute Gasteiger partial charge is 0.134 e. The number of aromatic nitrogens is 1. The van der Waals surface area contributed by atoms with Gasteiger partial charge in [-0.05, 0) is 49.6 Å². The van der Waals surface area contributed by atoms with Crippen molar-refractivity contribution in [1.29, 1.82) is 0 Å². The summed E-state index contributed by atoms with van der Waals surface area (Å²) in [5.74, 6) is 1.09. The third-order valence-electron chi connectivity index (χ3n) is 3.44. The van der Waals surface area contributed by atoms with Crippen LogP contribution in [0.25, 0.3) is 10.8 Å². The Balaban J connectivity index is 1.82. The van der Waals surface area contributed by atoms with Crippen molar-refractivity contribution in [3.63, 3.8) is 0 Å². The first kappa shape index (κ1) is 13.9. The molecule has 0 radical (unpaired) electrons. The van der Waals surface area contributed by atoms with Gasteiger partial charge in [-0.2, -0.15) is 0 Å². The molecule has 0 aliphatic carbocycles. The van der Waals surface area contributed by atoms with Crippen LogP contribution in [0, 0.1) is 6.92 Å². The number of phenolic OH excluding ortho intramolecular Hbond substituents is 1. The van der Waals surface area contributed by atoms with E-state index in [1.807, 2.05) is 23.5 Å². The highest BCUT2D eigenvalue weighted by Crippen LogP contribution is 2.26. The number of phenols is 1. The molecule has 0 fully saturated rings. The summed E-state index contributed by atoms with van der Waals surface area (Å²) in [4.78, 5) is 7.13. The van der Waals surface area contributed by atoms with Gasteiger partial charge in [0.25, 0.3) is 0 Å². The van der Waals surface area contributed by atoms with E-state index in [-0.39, 0.29) is 11.8 Å². The summed E-state index contributed by atoms with van der Waals surface area (Å²) in [6.45, 7) is 4.28. The summed E-state index contributed by atoms with van der Waals surface area (Å²) < 4.78 is 0. The van der Waals surface area contributed by atoms with Crippen molar-refractivity contribution in [1.82, 2.24) is 4.98 Å². The zero-order valence-corrected chi connectivity index (χ0v) is 12.9. The minimum atomic E-state index is 0.264. The summed E-state index contributed by atoms with van der Waals surface area (Å²) in [7, 11) is 0. The normalized spacial score (nSPS) is 12.5. The number of benzene rings is 1. The Labute approximate surface area is 128 Å². The van der Waals surface area contributed by atoms with Crippen LogP contribution in [0.15, 0.2) is 42.6 Å². The maximum atomic E-state index is 9.67. The van der Waals surface area contributed by atoms with Gasteiger partial charge in [-0.3, -0.25) is 0 Å². The zero-order valence-electron chi connectivity index (χ0n) is 12.1. The fourth-order valence-corrected chi connectivity index (χ4v) is 3.47. The van der Waals surface area contributed by atoms with E-state index in [2.05, 4.69) is 36.3 Å². The maximum absolute atomic E-state index is 9.67. The number of rotatable bonds is 4. The summed E-state index contributed by atoms with van der Waals surface area (Å²) in [5.41, 5.74) is 0. The minimum absolute atomic E-state index is 0.264. The lowest BCUT2D eigenvalue weighted by Crippen LogP contribution is -2.18. The van der Waals surface area contributed by atoms with Crippen molar-refractivity contribution in [3.05, 3.63) is 52.3 Å². The minimum Gasteiger partial charge on any atom is -0.508 e. The highest BCUT2D eigenvalue weighted by atomic mass is 32.1. The predicted octanol–water partition coefficient (Wildman–Crippen LogP) is 4.35. The van der Waals surface area contributed by atoms with Gasteiger partial charge in [-0.15, -0.1) is 11.3 Å². The van der Waals surface area contributed by atoms with E-state index in [1.54, 1.807) is 18.3 Å². The summed E-state index contributed by atoms with van der Waals surface area (Å²) in [6.07, 6.45) is 2.76. The van der Waals surface area contributed by atoms with E-state index in [0.29, 0.717) is 0 Å². The molecule has 108 valence electrons. The second-order valence-corrected chi connectivity index (χ2v) is 6.70. The van der Waals surface area contributed by atoms with Crippen molar-refractivity contribution in [3.8, 4) is 5.75 Å². The van der Waals surface area contributed by atoms with Crippen LogP contribution in [0.3, 0.4) is 0 Å². The molecule has 21 heavy (non-hydrogen) atoms. The molecular formula is C17H18N2OS. The van der Waals surface area contributed by atoms with Gasteiger partial charge in [-0.25, -0.2) is 4.98 Å². The first-order valence-electron chi connectivity index (χ1n) is 7.01. The number of pyridine rings is 1. The molecule has 1 unspecified atom stereocenters. The number of fused-ring (bicyclic) bond motifs is 1. The highest BCUT2D eigenvalue weighted by Gasteiger charge is 2.09. The molecule has 3 rings (SSSR count). The SMILES string of the molecule is Cc1ccc(CC(C)Nc2nccc3ccc(O)cc23)s1. The predicted molar refractivity (Wildman–Crippen MR) is 89.3 cm³/mol. The quantitative estimate of drug-likeness (QED) is 0.752. The Morgan fingerprint density at radius 2 is 2.10 bits per heavy atom. The third-order valence-corrected chi connectivity index (χ3v) is 4.46. The Morgan fingerprint density at radius 1 is 1.24 bits per heavy atom. The van der Waals surface area contributed by atoms with Crippen LogP contribution in [-0.4, -0.2) is 16.1 Å². The fourth-order valence-electron chi connectivity index (χ4n) is 2.45. The van der Waals surface area contributed by atoms with Gasteiger partial charge in [0.15, 0.2) is 0 Å². The molecule has 2 heterocycles. The maximum Gasteiger partial charge on any atom is 0.134 e. The van der Waals surface area contributed by atoms with Crippen molar-refractivity contribution in [2.24, 2.45) is 0 Å². The van der Waals surface area contributed by atoms with Gasteiger partial charge in [0, 0.05) is 33.8 Å². The van der Waals surface area contributed by atoms with Crippen molar-refractivity contribution >= 4 is 27.9 Å². The third kappa shape index (κ3) is 3.16. The number of aryl methyl sites for hydroxylation is 1. The number of aromatic hydroxyl groups is 1. The number of nitrogens with zero attached hydrogens (tertiary/aromatic N) is 1. The average Bonchev–Trinajstić information content (AvgIpc) is 2.84. The largest absolute Gasteiger partial charge is 0.508 e. The molecule has 0 amide bonds. The van der Waals surface area contributed by atoms with Gasteiger partial charge in [-0.1, -0.05) is 6.07 Å². The van der Waals surface area contributed by atoms with Gasteiger partial charge >= 0.3 is 0 Å². The lowest BCUT2D eigenvalue weighted by molar-refractivity contribution is 0.476. The molecular weight excluding hydrogens is 280 g/mol.